The SMILES string of the molecule is COc1ccc(NS(=O)(=O)c2ccc(C)c(C(=O)NCc3ccc(C)nc3)c2)cc1. The van der Waals surface area contributed by atoms with Crippen molar-refractivity contribution in [1.29, 1.82) is 0 Å². The maximum atomic E-state index is 12.8. The minimum atomic E-state index is -3.86. The molecule has 30 heavy (non-hydrogen) atoms. The third kappa shape index (κ3) is 5.15. The first-order valence-corrected chi connectivity index (χ1v) is 10.7. The second-order valence-electron chi connectivity index (χ2n) is 6.80. The quantitative estimate of drug-likeness (QED) is 0.604. The van der Waals surface area contributed by atoms with Crippen molar-refractivity contribution in [1.82, 2.24) is 10.3 Å². The zero-order chi connectivity index (χ0) is 21.7. The van der Waals surface area contributed by atoms with Crippen LogP contribution in [0.5, 0.6) is 5.75 Å². The summed E-state index contributed by atoms with van der Waals surface area (Å²) in [5.74, 6) is 0.269. The van der Waals surface area contributed by atoms with Gasteiger partial charge in [0, 0.05) is 29.7 Å². The highest BCUT2D eigenvalue weighted by Crippen LogP contribution is 2.21. The Bertz CT molecular complexity index is 1140. The van der Waals surface area contributed by atoms with Crippen molar-refractivity contribution < 1.29 is 17.9 Å². The number of ether oxygens (including phenoxy) is 1. The van der Waals surface area contributed by atoms with E-state index >= 15 is 0 Å². The normalized spacial score (nSPS) is 11.0. The van der Waals surface area contributed by atoms with E-state index in [1.54, 1.807) is 43.5 Å². The Morgan fingerprint density at radius 2 is 1.77 bits per heavy atom. The number of methoxy groups -OCH3 is 1. The molecule has 0 saturated heterocycles. The minimum Gasteiger partial charge on any atom is -0.497 e. The molecule has 0 aliphatic carbocycles. The van der Waals surface area contributed by atoms with Crippen LogP contribution < -0.4 is 14.8 Å². The number of aryl methyl sites for hydroxylation is 2. The van der Waals surface area contributed by atoms with E-state index in [1.807, 2.05) is 19.1 Å². The van der Waals surface area contributed by atoms with Crippen molar-refractivity contribution in [3.05, 3.63) is 83.2 Å². The molecule has 0 saturated carbocycles. The molecule has 0 radical (unpaired) electrons. The largest absolute Gasteiger partial charge is 0.497 e. The monoisotopic (exact) mass is 425 g/mol. The van der Waals surface area contributed by atoms with Crippen molar-refractivity contribution >= 4 is 21.6 Å². The number of carbonyl (C=O) groups excluding carboxylic acids is 1. The number of benzene rings is 2. The van der Waals surface area contributed by atoms with Gasteiger partial charge in [0.2, 0.25) is 0 Å². The van der Waals surface area contributed by atoms with Crippen molar-refractivity contribution in [2.75, 3.05) is 11.8 Å². The van der Waals surface area contributed by atoms with Crippen LogP contribution in [0.3, 0.4) is 0 Å². The Balaban J connectivity index is 1.77. The number of rotatable bonds is 7. The van der Waals surface area contributed by atoms with Crippen LogP contribution in [-0.2, 0) is 16.6 Å². The predicted octanol–water partition coefficient (Wildman–Crippen LogP) is 3.44. The molecule has 0 fully saturated rings. The van der Waals surface area contributed by atoms with Crippen LogP contribution >= 0.6 is 0 Å². The van der Waals surface area contributed by atoms with E-state index in [4.69, 9.17) is 4.74 Å². The average Bonchev–Trinajstić information content (AvgIpc) is 2.73. The number of sulfonamides is 1. The predicted molar refractivity (Wildman–Crippen MR) is 115 cm³/mol. The number of hydrogen-bond acceptors (Lipinski definition) is 5. The third-order valence-electron chi connectivity index (χ3n) is 4.53. The van der Waals surface area contributed by atoms with Gasteiger partial charge >= 0.3 is 0 Å². The fourth-order valence-electron chi connectivity index (χ4n) is 2.77. The Morgan fingerprint density at radius 1 is 1.03 bits per heavy atom. The van der Waals surface area contributed by atoms with Crippen molar-refractivity contribution in [3.8, 4) is 5.75 Å². The molecular weight excluding hydrogens is 402 g/mol. The maximum absolute atomic E-state index is 12.8. The van der Waals surface area contributed by atoms with Gasteiger partial charge in [0.1, 0.15) is 5.75 Å². The van der Waals surface area contributed by atoms with Crippen molar-refractivity contribution in [2.45, 2.75) is 25.3 Å². The number of aromatic nitrogens is 1. The summed E-state index contributed by atoms with van der Waals surface area (Å²) in [5, 5.41) is 2.81. The van der Waals surface area contributed by atoms with Crippen LogP contribution in [-0.4, -0.2) is 26.4 Å². The zero-order valence-corrected chi connectivity index (χ0v) is 17.8. The molecule has 0 bridgehead atoms. The third-order valence-corrected chi connectivity index (χ3v) is 5.91. The van der Waals surface area contributed by atoms with Crippen molar-refractivity contribution in [2.24, 2.45) is 0 Å². The lowest BCUT2D eigenvalue weighted by atomic mass is 10.1. The number of nitrogens with one attached hydrogen (secondary N) is 2. The summed E-state index contributed by atoms with van der Waals surface area (Å²) in [4.78, 5) is 16.9. The van der Waals surface area contributed by atoms with Crippen LogP contribution in [0, 0.1) is 13.8 Å². The molecule has 2 aromatic carbocycles. The van der Waals surface area contributed by atoms with E-state index in [0.29, 0.717) is 29.1 Å². The molecule has 2 N–H and O–H groups in total. The van der Waals surface area contributed by atoms with Gasteiger partial charge in [-0.25, -0.2) is 8.42 Å². The van der Waals surface area contributed by atoms with Crippen molar-refractivity contribution in [3.63, 3.8) is 0 Å². The molecule has 3 aromatic rings. The summed E-state index contributed by atoms with van der Waals surface area (Å²) in [7, 11) is -2.32. The van der Waals surface area contributed by atoms with E-state index in [-0.39, 0.29) is 10.8 Å². The lowest BCUT2D eigenvalue weighted by Gasteiger charge is -2.12. The smallest absolute Gasteiger partial charge is 0.261 e. The molecule has 1 aromatic heterocycles. The molecular formula is C22H23N3O4S. The summed E-state index contributed by atoms with van der Waals surface area (Å²) in [6.45, 7) is 3.94. The molecule has 0 spiro atoms. The molecule has 0 aliphatic rings. The van der Waals surface area contributed by atoms with Gasteiger partial charge in [-0.05, 0) is 67.4 Å². The number of pyridine rings is 1. The topological polar surface area (TPSA) is 97.4 Å². The number of nitrogens with zero attached hydrogens (tertiary/aromatic N) is 1. The molecule has 0 unspecified atom stereocenters. The summed E-state index contributed by atoms with van der Waals surface area (Å²) in [5.41, 5.74) is 3.12. The Labute approximate surface area is 176 Å². The first kappa shape index (κ1) is 21.3. The second-order valence-corrected chi connectivity index (χ2v) is 8.48. The fourth-order valence-corrected chi connectivity index (χ4v) is 3.85. The fraction of sp³-hybridized carbons (Fsp3) is 0.182. The van der Waals surface area contributed by atoms with Gasteiger partial charge < -0.3 is 10.1 Å². The molecule has 3 rings (SSSR count). The number of amides is 1. The van der Waals surface area contributed by atoms with Gasteiger partial charge in [0.05, 0.1) is 12.0 Å². The number of hydrogen-bond donors (Lipinski definition) is 2. The maximum Gasteiger partial charge on any atom is 0.261 e. The van der Waals surface area contributed by atoms with Gasteiger partial charge in [-0.1, -0.05) is 12.1 Å². The average molecular weight is 426 g/mol. The van der Waals surface area contributed by atoms with Gasteiger partial charge in [0.25, 0.3) is 15.9 Å². The van der Waals surface area contributed by atoms with E-state index in [0.717, 1.165) is 11.3 Å². The van der Waals surface area contributed by atoms with E-state index < -0.39 is 10.0 Å². The highest BCUT2D eigenvalue weighted by Gasteiger charge is 2.18. The van der Waals surface area contributed by atoms with Gasteiger partial charge in [0.15, 0.2) is 0 Å². The standard InChI is InChI=1S/C22H23N3O4S/c1-15-4-11-20(30(27,28)25-18-7-9-19(29-3)10-8-18)12-21(15)22(26)24-14-17-6-5-16(2)23-13-17/h4-13,25H,14H2,1-3H3,(H,24,26). The lowest BCUT2D eigenvalue weighted by Crippen LogP contribution is -2.24. The van der Waals surface area contributed by atoms with Crippen LogP contribution in [0.25, 0.3) is 0 Å². The molecule has 156 valence electrons. The summed E-state index contributed by atoms with van der Waals surface area (Å²) in [6, 6.07) is 14.7. The first-order chi connectivity index (χ1) is 14.3. The van der Waals surface area contributed by atoms with Gasteiger partial charge in [-0.3, -0.25) is 14.5 Å². The number of carbonyl (C=O) groups is 1. The van der Waals surface area contributed by atoms with E-state index in [2.05, 4.69) is 15.0 Å². The number of anilines is 1. The molecule has 1 heterocycles. The molecule has 8 heteroatoms. The minimum absolute atomic E-state index is 0.00562. The highest BCUT2D eigenvalue weighted by molar-refractivity contribution is 7.92. The van der Waals surface area contributed by atoms with Crippen LogP contribution in [0.15, 0.2) is 65.7 Å². The summed E-state index contributed by atoms with van der Waals surface area (Å²) < 4.78 is 33.1. The first-order valence-electron chi connectivity index (χ1n) is 9.26. The molecule has 0 aliphatic heterocycles. The van der Waals surface area contributed by atoms with E-state index in [9.17, 15) is 13.2 Å². The van der Waals surface area contributed by atoms with Crippen LogP contribution in [0.4, 0.5) is 5.69 Å². The van der Waals surface area contributed by atoms with E-state index in [1.165, 1.54) is 19.2 Å². The van der Waals surface area contributed by atoms with Crippen LogP contribution in [0.2, 0.25) is 0 Å². The Kier molecular flexibility index (Phi) is 6.37. The van der Waals surface area contributed by atoms with Crippen LogP contribution in [0.1, 0.15) is 27.2 Å². The molecule has 0 atom stereocenters. The summed E-state index contributed by atoms with van der Waals surface area (Å²) in [6.07, 6.45) is 1.70. The summed E-state index contributed by atoms with van der Waals surface area (Å²) >= 11 is 0. The highest BCUT2D eigenvalue weighted by atomic mass is 32.2. The molecule has 1 amide bonds. The Morgan fingerprint density at radius 3 is 2.40 bits per heavy atom. The lowest BCUT2D eigenvalue weighted by molar-refractivity contribution is 0.0950. The molecule has 7 nitrogen and oxygen atoms in total. The van der Waals surface area contributed by atoms with Gasteiger partial charge in [-0.2, -0.15) is 0 Å². The zero-order valence-electron chi connectivity index (χ0n) is 17.0. The van der Waals surface area contributed by atoms with Gasteiger partial charge in [-0.15, -0.1) is 0 Å². The second kappa shape index (κ2) is 8.96. The Hall–Kier alpha value is -3.39.